The molecule has 0 radical (unpaired) electrons. The van der Waals surface area contributed by atoms with Crippen LogP contribution in [0.1, 0.15) is 31.2 Å². The molecule has 0 unspecified atom stereocenters. The van der Waals surface area contributed by atoms with E-state index < -0.39 is 0 Å². The molecule has 2 rings (SSSR count). The first-order valence-electron chi connectivity index (χ1n) is 7.24. The molecule has 20 heavy (non-hydrogen) atoms. The van der Waals surface area contributed by atoms with E-state index in [1.165, 1.54) is 17.7 Å². The van der Waals surface area contributed by atoms with E-state index in [0.29, 0.717) is 10.7 Å². The van der Waals surface area contributed by atoms with Gasteiger partial charge in [0.2, 0.25) is 0 Å². The van der Waals surface area contributed by atoms with Crippen molar-refractivity contribution in [1.82, 2.24) is 5.32 Å². The van der Waals surface area contributed by atoms with E-state index >= 15 is 0 Å². The second-order valence-electron chi connectivity index (χ2n) is 5.58. The van der Waals surface area contributed by atoms with Gasteiger partial charge in [0.05, 0.1) is 0 Å². The lowest BCUT2D eigenvalue weighted by Crippen LogP contribution is -2.43. The van der Waals surface area contributed by atoms with E-state index in [1.807, 2.05) is 23.9 Å². The minimum Gasteiger partial charge on any atom is -0.381 e. The summed E-state index contributed by atoms with van der Waals surface area (Å²) in [6.45, 7) is 5.86. The van der Waals surface area contributed by atoms with Gasteiger partial charge in [0, 0.05) is 31.1 Å². The van der Waals surface area contributed by atoms with Crippen LogP contribution in [0.5, 0.6) is 0 Å². The number of hydrogen-bond donors (Lipinski definition) is 1. The van der Waals surface area contributed by atoms with Gasteiger partial charge in [-0.3, -0.25) is 0 Å². The summed E-state index contributed by atoms with van der Waals surface area (Å²) in [4.78, 5) is 0. The van der Waals surface area contributed by atoms with Crippen molar-refractivity contribution in [1.29, 1.82) is 0 Å². The fourth-order valence-corrected chi connectivity index (χ4v) is 3.44. The van der Waals surface area contributed by atoms with Crippen LogP contribution in [0.15, 0.2) is 24.3 Å². The molecule has 1 aliphatic heterocycles. The molecule has 1 heterocycles. The SMILES string of the molecule is CSC1(CNC[C@H](C)c2ccc(F)cc2)CCOCC1. The van der Waals surface area contributed by atoms with E-state index in [1.54, 1.807) is 0 Å². The molecule has 0 bridgehead atoms. The largest absolute Gasteiger partial charge is 0.381 e. The van der Waals surface area contributed by atoms with Gasteiger partial charge in [-0.2, -0.15) is 11.8 Å². The Bertz CT molecular complexity index is 403. The summed E-state index contributed by atoms with van der Waals surface area (Å²) in [5.41, 5.74) is 1.18. The number of thioether (sulfide) groups is 1. The van der Waals surface area contributed by atoms with E-state index in [2.05, 4.69) is 18.5 Å². The van der Waals surface area contributed by atoms with Crippen molar-refractivity contribution >= 4 is 11.8 Å². The Kier molecular flexibility index (Phi) is 5.87. The minimum absolute atomic E-state index is 0.169. The quantitative estimate of drug-likeness (QED) is 0.869. The Balaban J connectivity index is 1.81. The average molecular weight is 297 g/mol. The lowest BCUT2D eigenvalue weighted by molar-refractivity contribution is 0.0772. The highest BCUT2D eigenvalue weighted by molar-refractivity contribution is 8.00. The van der Waals surface area contributed by atoms with Crippen LogP contribution >= 0.6 is 11.8 Å². The molecule has 0 spiro atoms. The fraction of sp³-hybridized carbons (Fsp3) is 0.625. The van der Waals surface area contributed by atoms with Crippen LogP contribution in [0.2, 0.25) is 0 Å². The number of nitrogens with one attached hydrogen (secondary N) is 1. The van der Waals surface area contributed by atoms with E-state index in [4.69, 9.17) is 4.74 Å². The monoisotopic (exact) mass is 297 g/mol. The summed E-state index contributed by atoms with van der Waals surface area (Å²) >= 11 is 1.95. The first kappa shape index (κ1) is 15.8. The van der Waals surface area contributed by atoms with Gasteiger partial charge in [0.25, 0.3) is 0 Å². The van der Waals surface area contributed by atoms with Crippen molar-refractivity contribution in [2.45, 2.75) is 30.4 Å². The van der Waals surface area contributed by atoms with Gasteiger partial charge in [-0.25, -0.2) is 4.39 Å². The first-order valence-corrected chi connectivity index (χ1v) is 8.47. The zero-order valence-corrected chi connectivity index (χ0v) is 13.1. The Morgan fingerprint density at radius 3 is 2.55 bits per heavy atom. The summed E-state index contributed by atoms with van der Waals surface area (Å²) in [6, 6.07) is 6.82. The molecular formula is C16H24FNOS. The lowest BCUT2D eigenvalue weighted by Gasteiger charge is -2.36. The van der Waals surface area contributed by atoms with Crippen LogP contribution in [-0.4, -0.2) is 37.3 Å². The molecule has 0 amide bonds. The van der Waals surface area contributed by atoms with Gasteiger partial charge in [-0.05, 0) is 42.7 Å². The lowest BCUT2D eigenvalue weighted by atomic mass is 9.97. The van der Waals surface area contributed by atoms with Gasteiger partial charge in [-0.1, -0.05) is 19.1 Å². The molecule has 1 aromatic rings. The number of hydrogen-bond acceptors (Lipinski definition) is 3. The summed E-state index contributed by atoms with van der Waals surface area (Å²) in [6.07, 6.45) is 4.43. The zero-order chi connectivity index (χ0) is 14.4. The summed E-state index contributed by atoms with van der Waals surface area (Å²) in [5, 5.41) is 3.59. The van der Waals surface area contributed by atoms with Gasteiger partial charge in [0.1, 0.15) is 5.82 Å². The number of rotatable bonds is 6. The molecule has 112 valence electrons. The molecule has 1 N–H and O–H groups in total. The third-order valence-corrected chi connectivity index (χ3v) is 5.59. The van der Waals surface area contributed by atoms with E-state index in [-0.39, 0.29) is 5.82 Å². The van der Waals surface area contributed by atoms with Gasteiger partial charge in [0.15, 0.2) is 0 Å². The van der Waals surface area contributed by atoms with Crippen molar-refractivity contribution in [3.63, 3.8) is 0 Å². The molecule has 0 aliphatic carbocycles. The summed E-state index contributed by atoms with van der Waals surface area (Å²) in [7, 11) is 0. The molecule has 1 atom stereocenters. The molecular weight excluding hydrogens is 273 g/mol. The standard InChI is InChI=1S/C16H24FNOS/c1-13(14-3-5-15(17)6-4-14)11-18-12-16(20-2)7-9-19-10-8-16/h3-6,13,18H,7-12H2,1-2H3/t13-/m0/s1. The van der Waals surface area contributed by atoms with Crippen molar-refractivity contribution in [2.24, 2.45) is 0 Å². The molecule has 0 aromatic heterocycles. The Hall–Kier alpha value is -0.580. The average Bonchev–Trinajstić information content (AvgIpc) is 2.49. The van der Waals surface area contributed by atoms with Crippen molar-refractivity contribution in [3.8, 4) is 0 Å². The minimum atomic E-state index is -0.169. The maximum atomic E-state index is 12.9. The topological polar surface area (TPSA) is 21.3 Å². The van der Waals surface area contributed by atoms with Crippen LogP contribution in [0.25, 0.3) is 0 Å². The predicted molar refractivity (Wildman–Crippen MR) is 84.0 cm³/mol. The maximum absolute atomic E-state index is 12.9. The second-order valence-corrected chi connectivity index (χ2v) is 6.86. The fourth-order valence-electron chi connectivity index (χ4n) is 2.62. The van der Waals surface area contributed by atoms with E-state index in [9.17, 15) is 4.39 Å². The summed E-state index contributed by atoms with van der Waals surface area (Å²) in [5.74, 6) is 0.229. The summed E-state index contributed by atoms with van der Waals surface area (Å²) < 4.78 is 18.7. The first-order chi connectivity index (χ1) is 9.65. The highest BCUT2D eigenvalue weighted by atomic mass is 32.2. The third-order valence-electron chi connectivity index (χ3n) is 4.17. The smallest absolute Gasteiger partial charge is 0.123 e. The number of ether oxygens (including phenoxy) is 1. The van der Waals surface area contributed by atoms with Gasteiger partial charge >= 0.3 is 0 Å². The number of benzene rings is 1. The molecule has 2 nitrogen and oxygen atoms in total. The van der Waals surface area contributed by atoms with Crippen LogP contribution in [0.4, 0.5) is 4.39 Å². The normalized spacial score (nSPS) is 19.8. The van der Waals surface area contributed by atoms with Gasteiger partial charge in [-0.15, -0.1) is 0 Å². The molecule has 1 aromatic carbocycles. The Morgan fingerprint density at radius 1 is 1.30 bits per heavy atom. The van der Waals surface area contributed by atoms with E-state index in [0.717, 1.165) is 39.1 Å². The second kappa shape index (κ2) is 7.43. The molecule has 1 fully saturated rings. The Labute approximate surface area is 125 Å². The third kappa shape index (κ3) is 4.21. The van der Waals surface area contributed by atoms with Gasteiger partial charge < -0.3 is 10.1 Å². The van der Waals surface area contributed by atoms with Crippen LogP contribution in [-0.2, 0) is 4.74 Å². The van der Waals surface area contributed by atoms with Crippen molar-refractivity contribution < 1.29 is 9.13 Å². The Morgan fingerprint density at radius 2 is 1.95 bits per heavy atom. The van der Waals surface area contributed by atoms with Crippen molar-refractivity contribution in [2.75, 3.05) is 32.6 Å². The van der Waals surface area contributed by atoms with Crippen LogP contribution in [0.3, 0.4) is 0 Å². The van der Waals surface area contributed by atoms with Crippen molar-refractivity contribution in [3.05, 3.63) is 35.6 Å². The number of halogens is 1. The maximum Gasteiger partial charge on any atom is 0.123 e. The molecule has 4 heteroatoms. The predicted octanol–water partition coefficient (Wildman–Crippen LogP) is 3.43. The van der Waals surface area contributed by atoms with Crippen LogP contribution in [0, 0.1) is 5.82 Å². The highest BCUT2D eigenvalue weighted by Crippen LogP contribution is 2.33. The molecule has 1 aliphatic rings. The zero-order valence-electron chi connectivity index (χ0n) is 12.3. The molecule has 1 saturated heterocycles. The van der Waals surface area contributed by atoms with Crippen LogP contribution < -0.4 is 5.32 Å². The molecule has 0 saturated carbocycles. The highest BCUT2D eigenvalue weighted by Gasteiger charge is 2.31.